The molecule has 0 spiro atoms. The van der Waals surface area contributed by atoms with Crippen LogP contribution in [0.15, 0.2) is 42.5 Å². The van der Waals surface area contributed by atoms with Gasteiger partial charge in [0.1, 0.15) is 24.7 Å². The van der Waals surface area contributed by atoms with Gasteiger partial charge in [-0.25, -0.2) is 0 Å². The van der Waals surface area contributed by atoms with Crippen LogP contribution in [0.25, 0.3) is 0 Å². The molecule has 0 fully saturated rings. The van der Waals surface area contributed by atoms with Gasteiger partial charge in [0.25, 0.3) is 0 Å². The van der Waals surface area contributed by atoms with E-state index in [9.17, 15) is 0 Å². The summed E-state index contributed by atoms with van der Waals surface area (Å²) in [6.07, 6.45) is 0. The fourth-order valence-electron chi connectivity index (χ4n) is 1.64. The van der Waals surface area contributed by atoms with E-state index in [-0.39, 0.29) is 0 Å². The van der Waals surface area contributed by atoms with Crippen molar-refractivity contribution in [2.75, 3.05) is 18.9 Å². The average Bonchev–Trinajstić information content (AvgIpc) is 2.40. The van der Waals surface area contributed by atoms with Crippen LogP contribution in [-0.2, 0) is 0 Å². The van der Waals surface area contributed by atoms with Gasteiger partial charge in [0.05, 0.1) is 5.69 Å². The molecule has 0 atom stereocenters. The smallest absolute Gasteiger partial charge is 0.142 e. The lowest BCUT2D eigenvalue weighted by molar-refractivity contribution is 0.217. The van der Waals surface area contributed by atoms with Gasteiger partial charge in [-0.1, -0.05) is 29.8 Å². The SMILES string of the molecule is Cc1ccc(Cl)cc1OCCOc1ccccc1N. The fourth-order valence-corrected chi connectivity index (χ4v) is 1.81. The molecule has 0 saturated heterocycles. The molecular formula is C15H16ClNO2. The predicted molar refractivity (Wildman–Crippen MR) is 78.0 cm³/mol. The van der Waals surface area contributed by atoms with Gasteiger partial charge < -0.3 is 15.2 Å². The van der Waals surface area contributed by atoms with E-state index in [1.54, 1.807) is 12.1 Å². The maximum Gasteiger partial charge on any atom is 0.142 e. The van der Waals surface area contributed by atoms with Crippen molar-refractivity contribution in [3.63, 3.8) is 0 Å². The fraction of sp³-hybridized carbons (Fsp3) is 0.200. The second-order valence-electron chi connectivity index (χ2n) is 4.14. The molecule has 0 amide bonds. The molecule has 0 aliphatic carbocycles. The summed E-state index contributed by atoms with van der Waals surface area (Å²) < 4.78 is 11.2. The first-order chi connectivity index (χ1) is 9.16. The number of nitrogen functional groups attached to an aromatic ring is 1. The van der Waals surface area contributed by atoms with Gasteiger partial charge in [-0.05, 0) is 36.8 Å². The Balaban J connectivity index is 1.84. The van der Waals surface area contributed by atoms with Crippen molar-refractivity contribution in [1.29, 1.82) is 0 Å². The lowest BCUT2D eigenvalue weighted by Gasteiger charge is -2.11. The van der Waals surface area contributed by atoms with Gasteiger partial charge in [0.2, 0.25) is 0 Å². The van der Waals surface area contributed by atoms with Crippen LogP contribution in [0.5, 0.6) is 11.5 Å². The lowest BCUT2D eigenvalue weighted by Crippen LogP contribution is -2.10. The van der Waals surface area contributed by atoms with Gasteiger partial charge in [-0.3, -0.25) is 0 Å². The minimum atomic E-state index is 0.431. The predicted octanol–water partition coefficient (Wildman–Crippen LogP) is 3.69. The minimum absolute atomic E-state index is 0.431. The summed E-state index contributed by atoms with van der Waals surface area (Å²) in [7, 11) is 0. The van der Waals surface area contributed by atoms with Gasteiger partial charge in [0, 0.05) is 5.02 Å². The van der Waals surface area contributed by atoms with Gasteiger partial charge >= 0.3 is 0 Å². The van der Waals surface area contributed by atoms with Crippen LogP contribution in [0.4, 0.5) is 5.69 Å². The summed E-state index contributed by atoms with van der Waals surface area (Å²) in [4.78, 5) is 0. The van der Waals surface area contributed by atoms with Crippen LogP contribution in [-0.4, -0.2) is 13.2 Å². The summed E-state index contributed by atoms with van der Waals surface area (Å²) in [5.41, 5.74) is 7.45. The van der Waals surface area contributed by atoms with Crippen molar-refractivity contribution >= 4 is 17.3 Å². The first kappa shape index (κ1) is 13.6. The number of rotatable bonds is 5. The molecule has 0 aliphatic heterocycles. The first-order valence-corrected chi connectivity index (χ1v) is 6.41. The van der Waals surface area contributed by atoms with E-state index in [2.05, 4.69) is 0 Å². The summed E-state index contributed by atoms with van der Waals surface area (Å²) in [6, 6.07) is 12.9. The molecule has 0 unspecified atom stereocenters. The number of anilines is 1. The number of ether oxygens (including phenoxy) is 2. The quantitative estimate of drug-likeness (QED) is 0.670. The maximum atomic E-state index is 5.92. The molecule has 19 heavy (non-hydrogen) atoms. The zero-order valence-corrected chi connectivity index (χ0v) is 11.5. The minimum Gasteiger partial charge on any atom is -0.490 e. The molecule has 3 nitrogen and oxygen atoms in total. The number of hydrogen-bond acceptors (Lipinski definition) is 3. The van der Waals surface area contributed by atoms with E-state index in [1.165, 1.54) is 0 Å². The molecule has 100 valence electrons. The van der Waals surface area contributed by atoms with Crippen LogP contribution in [0, 0.1) is 6.92 Å². The number of aryl methyl sites for hydroxylation is 1. The third-order valence-electron chi connectivity index (χ3n) is 2.67. The van der Waals surface area contributed by atoms with Gasteiger partial charge in [-0.2, -0.15) is 0 Å². The van der Waals surface area contributed by atoms with Crippen LogP contribution in [0.2, 0.25) is 5.02 Å². The van der Waals surface area contributed by atoms with E-state index in [0.717, 1.165) is 11.3 Å². The van der Waals surface area contributed by atoms with E-state index in [4.69, 9.17) is 26.8 Å². The average molecular weight is 278 g/mol. The van der Waals surface area contributed by atoms with Crippen molar-refractivity contribution in [2.24, 2.45) is 0 Å². The third-order valence-corrected chi connectivity index (χ3v) is 2.90. The topological polar surface area (TPSA) is 44.5 Å². The highest BCUT2D eigenvalue weighted by Crippen LogP contribution is 2.23. The number of benzene rings is 2. The van der Waals surface area contributed by atoms with E-state index in [0.29, 0.717) is 29.7 Å². The van der Waals surface area contributed by atoms with Crippen LogP contribution in [0.1, 0.15) is 5.56 Å². The highest BCUT2D eigenvalue weighted by molar-refractivity contribution is 6.30. The highest BCUT2D eigenvalue weighted by Gasteiger charge is 2.02. The van der Waals surface area contributed by atoms with Gasteiger partial charge in [0.15, 0.2) is 0 Å². The number of halogens is 1. The standard InChI is InChI=1S/C15H16ClNO2/c1-11-6-7-12(16)10-15(11)19-9-8-18-14-5-3-2-4-13(14)17/h2-7,10H,8-9,17H2,1H3. The van der Waals surface area contributed by atoms with E-state index in [1.807, 2.05) is 37.3 Å². The lowest BCUT2D eigenvalue weighted by atomic mass is 10.2. The Bertz CT molecular complexity index is 558. The molecule has 4 heteroatoms. The Labute approximate surface area is 117 Å². The number of hydrogen-bond donors (Lipinski definition) is 1. The number of para-hydroxylation sites is 2. The molecule has 0 saturated carbocycles. The molecule has 0 radical (unpaired) electrons. The molecule has 0 aromatic heterocycles. The van der Waals surface area contributed by atoms with Crippen molar-refractivity contribution in [2.45, 2.75) is 6.92 Å². The summed E-state index contributed by atoms with van der Waals surface area (Å²) in [6.45, 7) is 2.84. The molecule has 2 rings (SSSR count). The number of nitrogens with two attached hydrogens (primary N) is 1. The molecule has 2 N–H and O–H groups in total. The largest absolute Gasteiger partial charge is 0.490 e. The normalized spacial score (nSPS) is 10.2. The summed E-state index contributed by atoms with van der Waals surface area (Å²) in [5, 5.41) is 0.661. The second kappa shape index (κ2) is 6.34. The van der Waals surface area contributed by atoms with Crippen molar-refractivity contribution in [3.05, 3.63) is 53.1 Å². The Morgan fingerprint density at radius 3 is 2.42 bits per heavy atom. The Morgan fingerprint density at radius 2 is 1.68 bits per heavy atom. The zero-order chi connectivity index (χ0) is 13.7. The zero-order valence-electron chi connectivity index (χ0n) is 10.7. The Kier molecular flexibility index (Phi) is 4.53. The summed E-state index contributed by atoms with van der Waals surface area (Å²) >= 11 is 5.92. The summed E-state index contributed by atoms with van der Waals surface area (Å²) in [5.74, 6) is 1.45. The molecule has 0 aliphatic rings. The van der Waals surface area contributed by atoms with Crippen LogP contribution >= 0.6 is 11.6 Å². The molecular weight excluding hydrogens is 262 g/mol. The third kappa shape index (κ3) is 3.80. The molecule has 2 aromatic rings. The van der Waals surface area contributed by atoms with E-state index < -0.39 is 0 Å². The molecule has 2 aromatic carbocycles. The van der Waals surface area contributed by atoms with Crippen molar-refractivity contribution in [1.82, 2.24) is 0 Å². The monoisotopic (exact) mass is 277 g/mol. The Hall–Kier alpha value is -1.87. The molecule has 0 bridgehead atoms. The van der Waals surface area contributed by atoms with Crippen molar-refractivity contribution in [3.8, 4) is 11.5 Å². The highest BCUT2D eigenvalue weighted by atomic mass is 35.5. The second-order valence-corrected chi connectivity index (χ2v) is 4.58. The van der Waals surface area contributed by atoms with Crippen molar-refractivity contribution < 1.29 is 9.47 Å². The van der Waals surface area contributed by atoms with Gasteiger partial charge in [-0.15, -0.1) is 0 Å². The van der Waals surface area contributed by atoms with Crippen LogP contribution in [0.3, 0.4) is 0 Å². The van der Waals surface area contributed by atoms with Crippen LogP contribution < -0.4 is 15.2 Å². The molecule has 0 heterocycles. The maximum absolute atomic E-state index is 5.92. The van der Waals surface area contributed by atoms with E-state index >= 15 is 0 Å². The Morgan fingerprint density at radius 1 is 1.00 bits per heavy atom. The first-order valence-electron chi connectivity index (χ1n) is 6.03.